The summed E-state index contributed by atoms with van der Waals surface area (Å²) in [6.45, 7) is 3.05. The lowest BCUT2D eigenvalue weighted by Crippen LogP contribution is -2.54. The smallest absolute Gasteiger partial charge is 0.475 e. The highest BCUT2D eigenvalue weighted by molar-refractivity contribution is 7.89. The van der Waals surface area contributed by atoms with E-state index in [1.807, 2.05) is 12.1 Å². The first kappa shape index (κ1) is 25.9. The average molecular weight is 519 g/mol. The lowest BCUT2D eigenvalue weighted by atomic mass is 9.91. The van der Waals surface area contributed by atoms with Crippen LogP contribution in [0.4, 0.5) is 13.2 Å². The van der Waals surface area contributed by atoms with Gasteiger partial charge in [-0.1, -0.05) is 72.8 Å². The molecule has 0 radical (unpaired) electrons. The molecule has 2 saturated heterocycles. The van der Waals surface area contributed by atoms with Crippen LogP contribution in [0.15, 0.2) is 89.8 Å². The summed E-state index contributed by atoms with van der Waals surface area (Å²) in [4.78, 5) is 11.7. The number of carbonyl (C=O) groups is 1. The first-order valence-electron chi connectivity index (χ1n) is 11.3. The van der Waals surface area contributed by atoms with Gasteiger partial charge < -0.3 is 5.11 Å². The third-order valence-corrected chi connectivity index (χ3v) is 8.23. The van der Waals surface area contributed by atoms with Crippen LogP contribution in [-0.4, -0.2) is 60.6 Å². The second-order valence-corrected chi connectivity index (χ2v) is 10.7. The summed E-state index contributed by atoms with van der Waals surface area (Å²) >= 11 is 0. The molecule has 6 nitrogen and oxygen atoms in total. The Morgan fingerprint density at radius 1 is 0.833 bits per heavy atom. The zero-order chi connectivity index (χ0) is 25.9. The number of nitrogens with zero attached hydrogens (tertiary/aromatic N) is 2. The predicted octanol–water partition coefficient (Wildman–Crippen LogP) is 4.49. The minimum atomic E-state index is -5.08. The van der Waals surface area contributed by atoms with Crippen LogP contribution in [0.5, 0.6) is 0 Å². The molecule has 36 heavy (non-hydrogen) atoms. The van der Waals surface area contributed by atoms with Gasteiger partial charge in [-0.05, 0) is 28.8 Å². The van der Waals surface area contributed by atoms with Crippen molar-refractivity contribution in [2.75, 3.05) is 19.6 Å². The highest BCUT2D eigenvalue weighted by Gasteiger charge is 2.48. The van der Waals surface area contributed by atoms with Crippen LogP contribution in [0.2, 0.25) is 0 Å². The summed E-state index contributed by atoms with van der Waals surface area (Å²) in [5, 5.41) is 7.12. The Morgan fingerprint density at radius 2 is 1.36 bits per heavy atom. The molecule has 0 amide bonds. The van der Waals surface area contributed by atoms with E-state index in [0.29, 0.717) is 29.9 Å². The highest BCUT2D eigenvalue weighted by Crippen LogP contribution is 2.36. The van der Waals surface area contributed by atoms with Gasteiger partial charge in [0, 0.05) is 38.1 Å². The average Bonchev–Trinajstić information content (AvgIpc) is 3.21. The van der Waals surface area contributed by atoms with Crippen LogP contribution in [-0.2, 0) is 21.4 Å². The Kier molecular flexibility index (Phi) is 7.49. The summed E-state index contributed by atoms with van der Waals surface area (Å²) in [6, 6.07) is 28.2. The number of carboxylic acid groups (broad SMARTS) is 1. The number of hydrogen-bond donors (Lipinski definition) is 1. The number of hydrogen-bond acceptors (Lipinski definition) is 4. The van der Waals surface area contributed by atoms with Crippen molar-refractivity contribution in [1.29, 1.82) is 0 Å². The minimum Gasteiger partial charge on any atom is -0.475 e. The van der Waals surface area contributed by atoms with Gasteiger partial charge in [0.15, 0.2) is 0 Å². The predicted molar refractivity (Wildman–Crippen MR) is 128 cm³/mol. The first-order valence-corrected chi connectivity index (χ1v) is 12.7. The number of alkyl halides is 3. The van der Waals surface area contributed by atoms with Crippen LogP contribution in [0, 0.1) is 5.92 Å². The van der Waals surface area contributed by atoms with E-state index in [2.05, 4.69) is 53.4 Å². The van der Waals surface area contributed by atoms with E-state index in [0.717, 1.165) is 13.1 Å². The number of sulfonamides is 1. The molecule has 0 saturated carbocycles. The van der Waals surface area contributed by atoms with Gasteiger partial charge >= 0.3 is 12.1 Å². The maximum Gasteiger partial charge on any atom is 0.490 e. The Balaban J connectivity index is 0.000000384. The number of fused-ring (bicyclic) bond motifs is 1. The molecule has 2 heterocycles. The Labute approximate surface area is 207 Å². The summed E-state index contributed by atoms with van der Waals surface area (Å²) < 4.78 is 59.2. The van der Waals surface area contributed by atoms with E-state index in [1.54, 1.807) is 28.6 Å². The van der Waals surface area contributed by atoms with E-state index in [1.165, 1.54) is 16.7 Å². The fourth-order valence-corrected chi connectivity index (χ4v) is 6.03. The van der Waals surface area contributed by atoms with Gasteiger partial charge in [0.25, 0.3) is 0 Å². The molecule has 1 N–H and O–H groups in total. The molecule has 0 aliphatic carbocycles. The fraction of sp³-hybridized carbons (Fsp3) is 0.269. The van der Waals surface area contributed by atoms with Gasteiger partial charge in [-0.3, -0.25) is 4.90 Å². The van der Waals surface area contributed by atoms with Crippen molar-refractivity contribution >= 4 is 16.0 Å². The number of aliphatic carboxylic acids is 1. The highest BCUT2D eigenvalue weighted by atomic mass is 32.2. The molecule has 10 heteroatoms. The molecule has 2 unspecified atom stereocenters. The molecule has 190 valence electrons. The lowest BCUT2D eigenvalue weighted by molar-refractivity contribution is -0.192. The van der Waals surface area contributed by atoms with Crippen LogP contribution >= 0.6 is 0 Å². The number of rotatable bonds is 5. The molecule has 2 aliphatic rings. The molecular weight excluding hydrogens is 493 g/mol. The quantitative estimate of drug-likeness (QED) is 0.539. The third kappa shape index (κ3) is 5.77. The van der Waals surface area contributed by atoms with Crippen molar-refractivity contribution in [3.8, 4) is 11.1 Å². The van der Waals surface area contributed by atoms with Gasteiger partial charge in [-0.25, -0.2) is 13.2 Å². The SMILES string of the molecule is O=C(O)C(F)(F)F.O=S(=O)(c1ccccc1)N1CC2CN(Cc3ccc(-c4ccccc4)cc3)C2C1. The summed E-state index contributed by atoms with van der Waals surface area (Å²) in [5.41, 5.74) is 3.71. The van der Waals surface area contributed by atoms with E-state index < -0.39 is 22.2 Å². The first-order chi connectivity index (χ1) is 17.1. The monoisotopic (exact) mass is 518 g/mol. The fourth-order valence-electron chi connectivity index (χ4n) is 4.49. The summed E-state index contributed by atoms with van der Waals surface area (Å²) in [5.74, 6) is -2.32. The Bertz CT molecular complexity index is 1280. The standard InChI is InChI=1S/C24H24N2O2S.C2HF3O2/c27-29(28,23-9-5-2-6-10-23)26-17-22-16-25(24(22)18-26)15-19-11-13-21(14-12-19)20-7-3-1-4-8-20;3-2(4,5)1(6)7/h1-14,22,24H,15-18H2;(H,6,7). The van der Waals surface area contributed by atoms with Gasteiger partial charge in [0.1, 0.15) is 0 Å². The van der Waals surface area contributed by atoms with E-state index in [9.17, 15) is 21.6 Å². The van der Waals surface area contributed by atoms with Crippen LogP contribution in [0.3, 0.4) is 0 Å². The minimum absolute atomic E-state index is 0.322. The molecule has 0 spiro atoms. The zero-order valence-electron chi connectivity index (χ0n) is 19.2. The largest absolute Gasteiger partial charge is 0.490 e. The number of halogens is 3. The van der Waals surface area contributed by atoms with Crippen molar-refractivity contribution in [3.63, 3.8) is 0 Å². The Hall–Kier alpha value is -3.21. The lowest BCUT2D eigenvalue weighted by Gasteiger charge is -2.43. The summed E-state index contributed by atoms with van der Waals surface area (Å²) in [7, 11) is -3.39. The third-order valence-electron chi connectivity index (χ3n) is 6.38. The molecule has 2 fully saturated rings. The maximum absolute atomic E-state index is 12.9. The molecule has 2 aliphatic heterocycles. The van der Waals surface area contributed by atoms with Crippen LogP contribution < -0.4 is 0 Å². The van der Waals surface area contributed by atoms with Crippen LogP contribution in [0.25, 0.3) is 11.1 Å². The topological polar surface area (TPSA) is 77.9 Å². The molecular formula is C26H25F3N2O4S. The van der Waals surface area contributed by atoms with Crippen LogP contribution in [0.1, 0.15) is 5.56 Å². The number of carboxylic acids is 1. The summed E-state index contributed by atoms with van der Waals surface area (Å²) in [6.07, 6.45) is -5.08. The molecule has 5 rings (SSSR count). The number of likely N-dealkylation sites (tertiary alicyclic amines) is 1. The van der Waals surface area contributed by atoms with Crippen molar-refractivity contribution in [3.05, 3.63) is 90.5 Å². The molecule has 2 atom stereocenters. The van der Waals surface area contributed by atoms with Gasteiger partial charge in [0.05, 0.1) is 4.90 Å². The van der Waals surface area contributed by atoms with Crippen molar-refractivity contribution in [1.82, 2.24) is 9.21 Å². The van der Waals surface area contributed by atoms with Crippen molar-refractivity contribution < 1.29 is 31.5 Å². The number of benzene rings is 3. The van der Waals surface area contributed by atoms with Crippen molar-refractivity contribution in [2.24, 2.45) is 5.92 Å². The maximum atomic E-state index is 12.9. The normalized spacial score (nSPS) is 20.1. The molecule has 3 aromatic carbocycles. The second kappa shape index (κ2) is 10.4. The molecule has 3 aromatic rings. The van der Waals surface area contributed by atoms with E-state index >= 15 is 0 Å². The Morgan fingerprint density at radius 3 is 1.92 bits per heavy atom. The van der Waals surface area contributed by atoms with Gasteiger partial charge in [-0.15, -0.1) is 0 Å². The van der Waals surface area contributed by atoms with E-state index in [-0.39, 0.29) is 0 Å². The molecule has 0 bridgehead atoms. The molecule has 0 aromatic heterocycles. The van der Waals surface area contributed by atoms with Gasteiger partial charge in [0.2, 0.25) is 10.0 Å². The second-order valence-electron chi connectivity index (χ2n) is 8.76. The zero-order valence-corrected chi connectivity index (χ0v) is 20.0. The van der Waals surface area contributed by atoms with Gasteiger partial charge in [-0.2, -0.15) is 17.5 Å². The van der Waals surface area contributed by atoms with E-state index in [4.69, 9.17) is 9.90 Å². The van der Waals surface area contributed by atoms with Crippen molar-refractivity contribution in [2.45, 2.75) is 23.7 Å².